The fourth-order valence-electron chi connectivity index (χ4n) is 4.11. The van der Waals surface area contributed by atoms with E-state index in [9.17, 15) is 9.59 Å². The Morgan fingerprint density at radius 2 is 1.42 bits per heavy atom. The number of esters is 2. The minimum absolute atomic E-state index is 0.0827. The molecule has 1 aromatic carbocycles. The second kappa shape index (κ2) is 10.9. The van der Waals surface area contributed by atoms with E-state index in [1.807, 2.05) is 30.3 Å². The first-order valence-corrected chi connectivity index (χ1v) is 11.4. The highest BCUT2D eigenvalue weighted by Gasteiger charge is 2.54. The Hall–Kier alpha value is -3.70. The molecule has 186 valence electrons. The van der Waals surface area contributed by atoms with E-state index in [1.165, 1.54) is 31.6 Å². The molecular formula is C26H24N2O8. The molecule has 10 nitrogen and oxygen atoms in total. The van der Waals surface area contributed by atoms with E-state index in [-0.39, 0.29) is 18.0 Å². The van der Waals surface area contributed by atoms with Crippen LogP contribution in [0.5, 0.6) is 0 Å². The molecular weight excluding hydrogens is 468 g/mol. The molecule has 3 aromatic rings. The summed E-state index contributed by atoms with van der Waals surface area (Å²) in [5.41, 5.74) is 0.956. The number of fused-ring (bicyclic) bond motifs is 1. The molecule has 0 amide bonds. The molecule has 4 heterocycles. The van der Waals surface area contributed by atoms with Crippen LogP contribution in [0.1, 0.15) is 32.8 Å². The minimum atomic E-state index is -1.16. The number of methoxy groups -OCH3 is 1. The lowest BCUT2D eigenvalue weighted by Gasteiger charge is -2.47. The van der Waals surface area contributed by atoms with E-state index >= 15 is 0 Å². The van der Waals surface area contributed by atoms with Crippen LogP contribution in [0.4, 0.5) is 0 Å². The van der Waals surface area contributed by atoms with Crippen LogP contribution in [-0.2, 0) is 28.4 Å². The average molecular weight is 492 g/mol. The Labute approximate surface area is 207 Å². The van der Waals surface area contributed by atoms with Crippen molar-refractivity contribution in [1.29, 1.82) is 0 Å². The van der Waals surface area contributed by atoms with Gasteiger partial charge in [0.2, 0.25) is 0 Å². The van der Waals surface area contributed by atoms with Gasteiger partial charge in [-0.3, -0.25) is 0 Å². The van der Waals surface area contributed by atoms with Gasteiger partial charge in [-0.2, -0.15) is 0 Å². The molecule has 2 aliphatic rings. The quantitative estimate of drug-likeness (QED) is 0.476. The van der Waals surface area contributed by atoms with Crippen molar-refractivity contribution in [3.05, 3.63) is 96.1 Å². The normalized spacial score (nSPS) is 27.5. The first kappa shape index (κ1) is 24.0. The first-order chi connectivity index (χ1) is 17.6. The molecule has 0 aliphatic carbocycles. The molecule has 2 aromatic heterocycles. The highest BCUT2D eigenvalue weighted by molar-refractivity contribution is 5.88. The van der Waals surface area contributed by atoms with Gasteiger partial charge in [-0.1, -0.05) is 42.5 Å². The lowest BCUT2D eigenvalue weighted by Crippen LogP contribution is -2.64. The molecule has 0 radical (unpaired) electrons. The second-order valence-corrected chi connectivity index (χ2v) is 8.13. The smallest absolute Gasteiger partial charge is 0.357 e. The zero-order valence-corrected chi connectivity index (χ0v) is 19.3. The van der Waals surface area contributed by atoms with E-state index in [2.05, 4.69) is 9.97 Å². The van der Waals surface area contributed by atoms with E-state index < -0.39 is 48.9 Å². The number of benzene rings is 1. The predicted molar refractivity (Wildman–Crippen MR) is 123 cm³/mol. The third-order valence-electron chi connectivity index (χ3n) is 5.82. The van der Waals surface area contributed by atoms with Crippen molar-refractivity contribution in [1.82, 2.24) is 9.97 Å². The number of ether oxygens (including phenoxy) is 6. The van der Waals surface area contributed by atoms with Crippen LogP contribution in [0.15, 0.2) is 79.1 Å². The summed E-state index contributed by atoms with van der Waals surface area (Å²) in [6.45, 7) is 0.142. The van der Waals surface area contributed by atoms with Crippen molar-refractivity contribution in [2.45, 2.75) is 37.0 Å². The van der Waals surface area contributed by atoms with Gasteiger partial charge in [0.15, 0.2) is 24.8 Å². The third kappa shape index (κ3) is 5.12. The Bertz CT molecular complexity index is 1160. The van der Waals surface area contributed by atoms with Crippen LogP contribution in [-0.4, -0.2) is 66.3 Å². The van der Waals surface area contributed by atoms with Gasteiger partial charge in [0.1, 0.15) is 23.6 Å². The van der Waals surface area contributed by atoms with E-state index in [0.29, 0.717) is 0 Å². The molecule has 2 aliphatic heterocycles. The summed E-state index contributed by atoms with van der Waals surface area (Å²) in [5.74, 6) is -1.43. The SMILES string of the molecule is CO[C@H]1O[C@@H]2COC(c3ccccc3)O[C@@H]2[C@H](OC(=O)c2ccccn2)[C@H]1OC(=O)c1ccccn1. The number of nitrogens with zero attached hydrogens (tertiary/aromatic N) is 2. The maximum atomic E-state index is 13.0. The molecule has 6 atom stereocenters. The highest BCUT2D eigenvalue weighted by atomic mass is 16.8. The predicted octanol–water partition coefficient (Wildman–Crippen LogP) is 2.71. The summed E-state index contributed by atoms with van der Waals surface area (Å²) in [7, 11) is 1.40. The number of hydrogen-bond donors (Lipinski definition) is 0. The highest BCUT2D eigenvalue weighted by Crippen LogP contribution is 2.37. The minimum Gasteiger partial charge on any atom is -0.451 e. The molecule has 0 spiro atoms. The lowest BCUT2D eigenvalue weighted by molar-refractivity contribution is -0.356. The van der Waals surface area contributed by atoms with Gasteiger partial charge in [0, 0.05) is 25.1 Å². The average Bonchev–Trinajstić information content (AvgIpc) is 2.95. The van der Waals surface area contributed by atoms with Crippen molar-refractivity contribution < 1.29 is 38.0 Å². The van der Waals surface area contributed by atoms with Gasteiger partial charge in [0.05, 0.1) is 6.61 Å². The summed E-state index contributed by atoms with van der Waals surface area (Å²) in [6, 6.07) is 19.1. The molecule has 36 heavy (non-hydrogen) atoms. The van der Waals surface area contributed by atoms with Crippen molar-refractivity contribution in [3.63, 3.8) is 0 Å². The van der Waals surface area contributed by atoms with Gasteiger partial charge >= 0.3 is 11.9 Å². The Kier molecular flexibility index (Phi) is 7.28. The Morgan fingerprint density at radius 1 is 0.806 bits per heavy atom. The zero-order valence-electron chi connectivity index (χ0n) is 19.3. The monoisotopic (exact) mass is 492 g/mol. The molecule has 0 bridgehead atoms. The van der Waals surface area contributed by atoms with E-state index in [0.717, 1.165) is 5.56 Å². The molecule has 2 saturated heterocycles. The molecule has 0 saturated carbocycles. The fraction of sp³-hybridized carbons (Fsp3) is 0.308. The van der Waals surface area contributed by atoms with Crippen molar-refractivity contribution in [2.24, 2.45) is 0 Å². The van der Waals surface area contributed by atoms with Crippen molar-refractivity contribution >= 4 is 11.9 Å². The Balaban J connectivity index is 1.46. The maximum Gasteiger partial charge on any atom is 0.357 e. The largest absolute Gasteiger partial charge is 0.451 e. The van der Waals surface area contributed by atoms with E-state index in [1.54, 1.807) is 24.3 Å². The molecule has 1 unspecified atom stereocenters. The second-order valence-electron chi connectivity index (χ2n) is 8.13. The number of rotatable bonds is 6. The molecule has 0 N–H and O–H groups in total. The summed E-state index contributed by atoms with van der Waals surface area (Å²) in [5, 5.41) is 0. The van der Waals surface area contributed by atoms with Gasteiger partial charge < -0.3 is 28.4 Å². The standard InChI is InChI=1S/C26H24N2O8/c1-31-26-22(35-24(30)18-12-6-8-14-28-18)21(34-23(29)17-11-5-7-13-27-17)20-19(33-26)15-32-25(36-20)16-9-3-2-4-10-16/h2-14,19-22,25-26H,15H2,1H3/t19-,20+,21+,22-,25?,26+/m1/s1. The number of hydrogen-bond acceptors (Lipinski definition) is 10. The van der Waals surface area contributed by atoms with Crippen LogP contribution in [0.2, 0.25) is 0 Å². The van der Waals surface area contributed by atoms with Crippen molar-refractivity contribution in [2.75, 3.05) is 13.7 Å². The van der Waals surface area contributed by atoms with Gasteiger partial charge in [0.25, 0.3) is 0 Å². The summed E-state index contributed by atoms with van der Waals surface area (Å²) in [6.07, 6.45) is -2.57. The molecule has 2 fully saturated rings. The number of aromatic nitrogens is 2. The topological polar surface area (TPSA) is 115 Å². The van der Waals surface area contributed by atoms with Crippen LogP contribution in [0.3, 0.4) is 0 Å². The summed E-state index contributed by atoms with van der Waals surface area (Å²) in [4.78, 5) is 34.0. The molecule has 10 heteroatoms. The first-order valence-electron chi connectivity index (χ1n) is 11.4. The summed E-state index contributed by atoms with van der Waals surface area (Å²) >= 11 is 0. The maximum absolute atomic E-state index is 13.0. The fourth-order valence-corrected chi connectivity index (χ4v) is 4.11. The van der Waals surface area contributed by atoms with Crippen LogP contribution in [0.25, 0.3) is 0 Å². The summed E-state index contributed by atoms with van der Waals surface area (Å²) < 4.78 is 35.2. The zero-order chi connectivity index (χ0) is 24.9. The van der Waals surface area contributed by atoms with Gasteiger partial charge in [-0.15, -0.1) is 0 Å². The van der Waals surface area contributed by atoms with Crippen LogP contribution < -0.4 is 0 Å². The molecule has 5 rings (SSSR count). The van der Waals surface area contributed by atoms with Gasteiger partial charge in [-0.05, 0) is 24.3 Å². The number of carbonyl (C=O) groups excluding carboxylic acids is 2. The van der Waals surface area contributed by atoms with E-state index in [4.69, 9.17) is 28.4 Å². The van der Waals surface area contributed by atoms with Crippen LogP contribution >= 0.6 is 0 Å². The van der Waals surface area contributed by atoms with Crippen LogP contribution in [0, 0.1) is 0 Å². The Morgan fingerprint density at radius 3 is 2.00 bits per heavy atom. The third-order valence-corrected chi connectivity index (χ3v) is 5.82. The van der Waals surface area contributed by atoms with Crippen molar-refractivity contribution in [3.8, 4) is 0 Å². The van der Waals surface area contributed by atoms with Gasteiger partial charge in [-0.25, -0.2) is 19.6 Å². The lowest BCUT2D eigenvalue weighted by atomic mass is 9.97. The number of pyridine rings is 2. The number of carbonyl (C=O) groups is 2.